The van der Waals surface area contributed by atoms with Crippen molar-refractivity contribution in [1.29, 1.82) is 0 Å². The summed E-state index contributed by atoms with van der Waals surface area (Å²) in [6.45, 7) is 4.06. The maximum Gasteiger partial charge on any atom is 0.0348 e. The molecule has 13 heavy (non-hydrogen) atoms. The molecule has 0 saturated carbocycles. The van der Waals surface area contributed by atoms with E-state index in [1.54, 1.807) is 0 Å². The molecule has 0 radical (unpaired) electrons. The van der Waals surface area contributed by atoms with Crippen LogP contribution in [0.4, 0.5) is 0 Å². The van der Waals surface area contributed by atoms with E-state index in [2.05, 4.69) is 36.5 Å². The molecule has 0 aliphatic carbocycles. The van der Waals surface area contributed by atoms with Gasteiger partial charge in [0.25, 0.3) is 0 Å². The fourth-order valence-corrected chi connectivity index (χ4v) is 1.44. The number of nitrogens with one attached hydrogen (secondary N) is 1. The van der Waals surface area contributed by atoms with Gasteiger partial charge in [0.2, 0.25) is 0 Å². The molecule has 0 saturated heterocycles. The van der Waals surface area contributed by atoms with Crippen LogP contribution in [0.25, 0.3) is 0 Å². The number of alkyl halides is 1. The Morgan fingerprint density at radius 3 is 2.69 bits per heavy atom. The molecule has 72 valence electrons. The largest absolute Gasteiger partial charge is 0.315 e. The standard InChI is InChI=1S/C11H16ClN/c1-10-4-2-3-5-11(10)6-8-13-9-7-12/h2-5,13H,6-9H2,1H3. The van der Waals surface area contributed by atoms with Crippen LogP contribution >= 0.6 is 11.6 Å². The van der Waals surface area contributed by atoms with E-state index < -0.39 is 0 Å². The molecule has 0 atom stereocenters. The number of aryl methyl sites for hydroxylation is 1. The first-order valence-electron chi connectivity index (χ1n) is 4.66. The summed E-state index contributed by atoms with van der Waals surface area (Å²) in [5, 5.41) is 3.28. The molecule has 0 bridgehead atoms. The highest BCUT2D eigenvalue weighted by atomic mass is 35.5. The summed E-state index contributed by atoms with van der Waals surface area (Å²) in [6.07, 6.45) is 1.09. The van der Waals surface area contributed by atoms with Crippen LogP contribution < -0.4 is 5.32 Å². The first-order valence-corrected chi connectivity index (χ1v) is 5.19. The van der Waals surface area contributed by atoms with Gasteiger partial charge in [0.15, 0.2) is 0 Å². The van der Waals surface area contributed by atoms with Crippen molar-refractivity contribution in [3.05, 3.63) is 35.4 Å². The number of benzene rings is 1. The predicted octanol–water partition coefficient (Wildman–Crippen LogP) is 2.37. The fraction of sp³-hybridized carbons (Fsp3) is 0.455. The van der Waals surface area contributed by atoms with Crippen molar-refractivity contribution in [1.82, 2.24) is 5.32 Å². The Bertz CT molecular complexity index is 248. The molecule has 0 aliphatic rings. The third kappa shape index (κ3) is 3.79. The maximum atomic E-state index is 5.55. The van der Waals surface area contributed by atoms with Crippen molar-refractivity contribution >= 4 is 11.6 Å². The number of hydrogen-bond donors (Lipinski definition) is 1. The Morgan fingerprint density at radius 1 is 1.23 bits per heavy atom. The molecule has 0 amide bonds. The van der Waals surface area contributed by atoms with Crippen molar-refractivity contribution in [3.63, 3.8) is 0 Å². The highest BCUT2D eigenvalue weighted by Crippen LogP contribution is 2.06. The molecule has 1 rings (SSSR count). The van der Waals surface area contributed by atoms with Gasteiger partial charge in [0.1, 0.15) is 0 Å². The molecular weight excluding hydrogens is 182 g/mol. The topological polar surface area (TPSA) is 12.0 Å². The van der Waals surface area contributed by atoms with Crippen LogP contribution in [-0.4, -0.2) is 19.0 Å². The minimum atomic E-state index is 0.688. The highest BCUT2D eigenvalue weighted by Gasteiger charge is 1.95. The van der Waals surface area contributed by atoms with E-state index in [4.69, 9.17) is 11.6 Å². The summed E-state index contributed by atoms with van der Waals surface area (Å²) in [7, 11) is 0. The van der Waals surface area contributed by atoms with Gasteiger partial charge in [-0.2, -0.15) is 0 Å². The van der Waals surface area contributed by atoms with Crippen LogP contribution in [0.15, 0.2) is 24.3 Å². The van der Waals surface area contributed by atoms with Crippen LogP contribution in [0.5, 0.6) is 0 Å². The lowest BCUT2D eigenvalue weighted by molar-refractivity contribution is 0.718. The molecule has 1 nitrogen and oxygen atoms in total. The van der Waals surface area contributed by atoms with E-state index in [-0.39, 0.29) is 0 Å². The van der Waals surface area contributed by atoms with E-state index in [0.717, 1.165) is 19.5 Å². The SMILES string of the molecule is Cc1ccccc1CCNCCCl. The van der Waals surface area contributed by atoms with Crippen molar-refractivity contribution in [2.45, 2.75) is 13.3 Å². The second kappa shape index (κ2) is 6.01. The van der Waals surface area contributed by atoms with E-state index in [9.17, 15) is 0 Å². The second-order valence-corrected chi connectivity index (χ2v) is 3.49. The quantitative estimate of drug-likeness (QED) is 0.565. The third-order valence-electron chi connectivity index (χ3n) is 2.10. The van der Waals surface area contributed by atoms with Crippen LogP contribution in [0, 0.1) is 6.92 Å². The number of rotatable bonds is 5. The lowest BCUT2D eigenvalue weighted by atomic mass is 10.1. The molecular formula is C11H16ClN. The Morgan fingerprint density at radius 2 is 2.00 bits per heavy atom. The van der Waals surface area contributed by atoms with Crippen molar-refractivity contribution in [2.24, 2.45) is 0 Å². The smallest absolute Gasteiger partial charge is 0.0348 e. The average molecular weight is 198 g/mol. The Kier molecular flexibility index (Phi) is 4.87. The van der Waals surface area contributed by atoms with Crippen LogP contribution in [0.3, 0.4) is 0 Å². The van der Waals surface area contributed by atoms with Crippen molar-refractivity contribution < 1.29 is 0 Å². The minimum Gasteiger partial charge on any atom is -0.315 e. The summed E-state index contributed by atoms with van der Waals surface area (Å²) in [5.74, 6) is 0.688. The van der Waals surface area contributed by atoms with Gasteiger partial charge >= 0.3 is 0 Å². The first kappa shape index (κ1) is 10.6. The monoisotopic (exact) mass is 197 g/mol. The Hall–Kier alpha value is -0.530. The number of halogens is 1. The lowest BCUT2D eigenvalue weighted by Gasteiger charge is -2.05. The summed E-state index contributed by atoms with van der Waals surface area (Å²) in [4.78, 5) is 0. The zero-order chi connectivity index (χ0) is 9.52. The van der Waals surface area contributed by atoms with Crippen LogP contribution in [0.1, 0.15) is 11.1 Å². The van der Waals surface area contributed by atoms with Gasteiger partial charge in [0.05, 0.1) is 0 Å². The molecule has 0 unspecified atom stereocenters. The maximum absolute atomic E-state index is 5.55. The molecule has 1 aromatic rings. The van der Waals surface area contributed by atoms with Crippen molar-refractivity contribution in [2.75, 3.05) is 19.0 Å². The van der Waals surface area contributed by atoms with E-state index in [1.165, 1.54) is 11.1 Å². The molecule has 1 aromatic carbocycles. The Labute approximate surface area is 85.1 Å². The normalized spacial score (nSPS) is 10.3. The van der Waals surface area contributed by atoms with Gasteiger partial charge in [-0.15, -0.1) is 11.6 Å². The molecule has 0 fully saturated rings. The number of hydrogen-bond acceptors (Lipinski definition) is 1. The Balaban J connectivity index is 2.32. The van der Waals surface area contributed by atoms with Gasteiger partial charge in [-0.1, -0.05) is 24.3 Å². The van der Waals surface area contributed by atoms with E-state index in [0.29, 0.717) is 5.88 Å². The van der Waals surface area contributed by atoms with Gasteiger partial charge < -0.3 is 5.32 Å². The van der Waals surface area contributed by atoms with Gasteiger partial charge in [-0.05, 0) is 31.0 Å². The zero-order valence-corrected chi connectivity index (χ0v) is 8.77. The van der Waals surface area contributed by atoms with Gasteiger partial charge in [-0.25, -0.2) is 0 Å². The molecule has 1 N–H and O–H groups in total. The van der Waals surface area contributed by atoms with Crippen LogP contribution in [0.2, 0.25) is 0 Å². The van der Waals surface area contributed by atoms with Crippen molar-refractivity contribution in [3.8, 4) is 0 Å². The van der Waals surface area contributed by atoms with Crippen LogP contribution in [-0.2, 0) is 6.42 Å². The van der Waals surface area contributed by atoms with Gasteiger partial charge in [0, 0.05) is 12.4 Å². The molecule has 0 spiro atoms. The first-order chi connectivity index (χ1) is 6.34. The molecule has 0 aliphatic heterocycles. The summed E-state index contributed by atoms with van der Waals surface area (Å²) >= 11 is 5.55. The van der Waals surface area contributed by atoms with Gasteiger partial charge in [-0.3, -0.25) is 0 Å². The predicted molar refractivity (Wildman–Crippen MR) is 58.5 cm³/mol. The summed E-state index contributed by atoms with van der Waals surface area (Å²) in [5.41, 5.74) is 2.79. The fourth-order valence-electron chi connectivity index (χ4n) is 1.31. The lowest BCUT2D eigenvalue weighted by Crippen LogP contribution is -2.19. The second-order valence-electron chi connectivity index (χ2n) is 3.12. The minimum absolute atomic E-state index is 0.688. The summed E-state index contributed by atoms with van der Waals surface area (Å²) in [6, 6.07) is 8.49. The molecule has 2 heteroatoms. The zero-order valence-electron chi connectivity index (χ0n) is 8.02. The third-order valence-corrected chi connectivity index (χ3v) is 2.29. The molecule has 0 heterocycles. The van der Waals surface area contributed by atoms with E-state index >= 15 is 0 Å². The molecule has 0 aromatic heterocycles. The highest BCUT2D eigenvalue weighted by molar-refractivity contribution is 6.18. The summed E-state index contributed by atoms with van der Waals surface area (Å²) < 4.78 is 0. The average Bonchev–Trinajstić information content (AvgIpc) is 2.15. The van der Waals surface area contributed by atoms with E-state index in [1.807, 2.05) is 0 Å².